The van der Waals surface area contributed by atoms with Crippen LogP contribution in [0.15, 0.2) is 45.9 Å². The van der Waals surface area contributed by atoms with Crippen LogP contribution in [0.4, 0.5) is 10.1 Å². The number of aliphatic hydroxyl groups excluding tert-OH is 1. The van der Waals surface area contributed by atoms with Gasteiger partial charge in [0.05, 0.1) is 22.9 Å². The fraction of sp³-hybridized carbons (Fsp3) is 0.458. The maximum atomic E-state index is 12.9. The Kier molecular flexibility index (Phi) is 7.52. The highest BCUT2D eigenvalue weighted by Gasteiger charge is 2.26. The maximum absolute atomic E-state index is 12.9. The summed E-state index contributed by atoms with van der Waals surface area (Å²) in [6.07, 6.45) is 3.16. The van der Waals surface area contributed by atoms with Crippen molar-refractivity contribution >= 4 is 27.5 Å². The molecule has 2 heterocycles. The second-order valence-corrected chi connectivity index (χ2v) is 8.95. The smallest absolute Gasteiger partial charge is 0.203 e. The van der Waals surface area contributed by atoms with Gasteiger partial charge in [-0.15, -0.1) is 0 Å². The van der Waals surface area contributed by atoms with E-state index in [0.717, 1.165) is 22.8 Å². The second kappa shape index (κ2) is 10.5. The number of anilines is 1. The highest BCUT2D eigenvalue weighted by molar-refractivity contribution is 9.10. The summed E-state index contributed by atoms with van der Waals surface area (Å²) in [6, 6.07) is 11.0. The molecule has 1 unspecified atom stereocenters. The highest BCUT2D eigenvalue weighted by atomic mass is 79.9. The fourth-order valence-electron chi connectivity index (χ4n) is 4.21. The second-order valence-electron chi connectivity index (χ2n) is 8.03. The molecular formula is C24H29BrFN3O3. The van der Waals surface area contributed by atoms with Gasteiger partial charge in [0.15, 0.2) is 0 Å². The molecule has 6 nitrogen and oxygen atoms in total. The van der Waals surface area contributed by atoms with E-state index in [1.807, 2.05) is 37.3 Å². The summed E-state index contributed by atoms with van der Waals surface area (Å²) in [5.74, 6) is 1.19. The highest BCUT2D eigenvalue weighted by Crippen LogP contribution is 2.36. The van der Waals surface area contributed by atoms with Crippen molar-refractivity contribution in [2.24, 2.45) is 4.99 Å². The van der Waals surface area contributed by atoms with Gasteiger partial charge in [0.2, 0.25) is 5.88 Å². The van der Waals surface area contributed by atoms with Gasteiger partial charge < -0.3 is 19.5 Å². The van der Waals surface area contributed by atoms with E-state index in [4.69, 9.17) is 14.5 Å². The minimum Gasteiger partial charge on any atom is -0.494 e. The van der Waals surface area contributed by atoms with Crippen LogP contribution in [0.2, 0.25) is 0 Å². The van der Waals surface area contributed by atoms with Gasteiger partial charge in [-0.2, -0.15) is 0 Å². The number of rotatable bonds is 9. The zero-order chi connectivity index (χ0) is 22.5. The van der Waals surface area contributed by atoms with Crippen molar-refractivity contribution in [3.8, 4) is 11.5 Å². The molecule has 1 N–H and O–H groups in total. The molecule has 0 spiro atoms. The van der Waals surface area contributed by atoms with Gasteiger partial charge in [-0.05, 0) is 69.6 Å². The first-order valence-electron chi connectivity index (χ1n) is 11.1. The molecule has 0 aromatic heterocycles. The van der Waals surface area contributed by atoms with Crippen LogP contribution in [0.1, 0.15) is 26.2 Å². The quantitative estimate of drug-likeness (QED) is 0.525. The number of alkyl halides is 1. The molecule has 8 heteroatoms. The van der Waals surface area contributed by atoms with Gasteiger partial charge in [-0.25, -0.2) is 4.39 Å². The van der Waals surface area contributed by atoms with E-state index in [1.165, 1.54) is 25.9 Å². The van der Waals surface area contributed by atoms with Crippen molar-refractivity contribution in [1.82, 2.24) is 4.90 Å². The number of aliphatic hydroxyl groups is 1. The molecule has 0 radical (unpaired) electrons. The van der Waals surface area contributed by atoms with Crippen LogP contribution in [-0.2, 0) is 0 Å². The van der Waals surface area contributed by atoms with E-state index in [1.54, 1.807) is 11.0 Å². The predicted molar refractivity (Wildman–Crippen MR) is 127 cm³/mol. The van der Waals surface area contributed by atoms with Crippen LogP contribution in [0.5, 0.6) is 11.5 Å². The predicted octanol–water partition coefficient (Wildman–Crippen LogP) is 3.77. The SMILES string of the molecule is CC1N=c2ccc(Br)cc2=C(O)N1c1ccc(OCCCN2CCCC2)cc1OCCF. The van der Waals surface area contributed by atoms with Crippen molar-refractivity contribution in [2.45, 2.75) is 32.4 Å². The third-order valence-electron chi connectivity index (χ3n) is 5.74. The molecule has 2 aromatic carbocycles. The lowest BCUT2D eigenvalue weighted by Crippen LogP contribution is -2.45. The number of hydrogen-bond acceptors (Lipinski definition) is 6. The lowest BCUT2D eigenvalue weighted by molar-refractivity contribution is 0.257. The van der Waals surface area contributed by atoms with Gasteiger partial charge in [-0.3, -0.25) is 9.89 Å². The Morgan fingerprint density at radius 2 is 1.94 bits per heavy atom. The molecular weight excluding hydrogens is 477 g/mol. The summed E-state index contributed by atoms with van der Waals surface area (Å²) in [5.41, 5.74) is 0.613. The average Bonchev–Trinajstić information content (AvgIpc) is 3.30. The van der Waals surface area contributed by atoms with E-state index in [-0.39, 0.29) is 18.7 Å². The number of hydrogen-bond donors (Lipinski definition) is 1. The van der Waals surface area contributed by atoms with Gasteiger partial charge in [0.25, 0.3) is 0 Å². The average molecular weight is 506 g/mol. The van der Waals surface area contributed by atoms with Gasteiger partial charge in [-0.1, -0.05) is 15.9 Å². The number of nitrogens with zero attached hydrogens (tertiary/aromatic N) is 3. The van der Waals surface area contributed by atoms with Crippen LogP contribution in [0.3, 0.4) is 0 Å². The first kappa shape index (κ1) is 22.9. The summed E-state index contributed by atoms with van der Waals surface area (Å²) >= 11 is 3.45. The minimum absolute atomic E-state index is 0.0757. The van der Waals surface area contributed by atoms with Crippen molar-refractivity contribution in [1.29, 1.82) is 0 Å². The molecule has 0 saturated carbocycles. The molecule has 2 aliphatic rings. The maximum Gasteiger partial charge on any atom is 0.203 e. The van der Waals surface area contributed by atoms with E-state index < -0.39 is 6.67 Å². The Morgan fingerprint density at radius 3 is 2.72 bits per heavy atom. The zero-order valence-electron chi connectivity index (χ0n) is 18.3. The van der Waals surface area contributed by atoms with Crippen LogP contribution in [-0.4, -0.2) is 55.7 Å². The van der Waals surface area contributed by atoms with E-state index in [2.05, 4.69) is 20.8 Å². The Bertz CT molecular complexity index is 1060. The first-order valence-corrected chi connectivity index (χ1v) is 11.9. The standard InChI is InChI=1S/C24H29BrFN3O3/c1-17-27-21-7-5-18(25)15-20(21)24(30)29(17)22-8-6-19(16-23(22)32-14-9-26)31-13-4-12-28-10-2-3-11-28/h5-8,15-17,30H,2-4,9-14H2,1H3. The van der Waals surface area contributed by atoms with E-state index >= 15 is 0 Å². The van der Waals surface area contributed by atoms with Crippen molar-refractivity contribution in [3.63, 3.8) is 0 Å². The summed E-state index contributed by atoms with van der Waals surface area (Å²) < 4.78 is 25.4. The Labute approximate surface area is 196 Å². The molecule has 1 saturated heterocycles. The number of fused-ring (bicyclic) bond motifs is 1. The summed E-state index contributed by atoms with van der Waals surface area (Å²) in [6.45, 7) is 5.20. The van der Waals surface area contributed by atoms with Crippen molar-refractivity contribution in [2.75, 3.05) is 44.4 Å². The molecule has 1 atom stereocenters. The third kappa shape index (κ3) is 5.18. The lowest BCUT2D eigenvalue weighted by Gasteiger charge is -2.31. The number of benzene rings is 2. The summed E-state index contributed by atoms with van der Waals surface area (Å²) in [4.78, 5) is 8.85. The molecule has 172 valence electrons. The van der Waals surface area contributed by atoms with Crippen molar-refractivity contribution < 1.29 is 19.0 Å². The monoisotopic (exact) mass is 505 g/mol. The Balaban J connectivity index is 1.56. The topological polar surface area (TPSA) is 57.5 Å². The molecule has 0 amide bonds. The Morgan fingerprint density at radius 1 is 1.12 bits per heavy atom. The minimum atomic E-state index is -0.605. The van der Waals surface area contributed by atoms with Crippen LogP contribution < -0.4 is 24.9 Å². The third-order valence-corrected chi connectivity index (χ3v) is 6.23. The van der Waals surface area contributed by atoms with E-state index in [0.29, 0.717) is 29.0 Å². The van der Waals surface area contributed by atoms with E-state index in [9.17, 15) is 9.50 Å². The molecule has 32 heavy (non-hydrogen) atoms. The van der Waals surface area contributed by atoms with Crippen LogP contribution in [0.25, 0.3) is 5.88 Å². The molecule has 2 aliphatic heterocycles. The Hall–Kier alpha value is -2.32. The van der Waals surface area contributed by atoms with Crippen LogP contribution >= 0.6 is 15.9 Å². The van der Waals surface area contributed by atoms with Gasteiger partial charge in [0, 0.05) is 17.1 Å². The molecule has 2 aromatic rings. The zero-order valence-corrected chi connectivity index (χ0v) is 19.9. The lowest BCUT2D eigenvalue weighted by atomic mass is 10.2. The molecule has 1 fully saturated rings. The molecule has 4 rings (SSSR count). The largest absolute Gasteiger partial charge is 0.494 e. The molecule has 0 aliphatic carbocycles. The summed E-state index contributed by atoms with van der Waals surface area (Å²) in [7, 11) is 0. The normalized spacial score (nSPS) is 18.4. The number of likely N-dealkylation sites (tertiary alicyclic amines) is 1. The van der Waals surface area contributed by atoms with Gasteiger partial charge in [0.1, 0.15) is 30.9 Å². The number of ether oxygens (including phenoxy) is 2. The summed E-state index contributed by atoms with van der Waals surface area (Å²) in [5, 5.41) is 12.4. The molecule has 0 bridgehead atoms. The number of halogens is 2. The van der Waals surface area contributed by atoms with Crippen LogP contribution in [0, 0.1) is 0 Å². The van der Waals surface area contributed by atoms with Gasteiger partial charge >= 0.3 is 0 Å². The first-order chi connectivity index (χ1) is 15.6. The van der Waals surface area contributed by atoms with Crippen molar-refractivity contribution in [3.05, 3.63) is 51.4 Å². The fourth-order valence-corrected chi connectivity index (χ4v) is 4.57.